The minimum absolute atomic E-state index is 0.182. The molecular weight excluding hydrogens is 258 g/mol. The lowest BCUT2D eigenvalue weighted by Crippen LogP contribution is -2.46. The van der Waals surface area contributed by atoms with Gasteiger partial charge < -0.3 is 15.2 Å². The topological polar surface area (TPSA) is 75.6 Å². The molecule has 5 nitrogen and oxygen atoms in total. The zero-order valence-corrected chi connectivity index (χ0v) is 12.0. The highest BCUT2D eigenvalue weighted by atomic mass is 16.5. The Hall–Kier alpha value is -2.04. The molecule has 1 aromatic rings. The smallest absolute Gasteiger partial charge is 0.326 e. The lowest BCUT2D eigenvalue weighted by molar-refractivity contribution is -0.143. The molecule has 5 heteroatoms. The van der Waals surface area contributed by atoms with Gasteiger partial charge in [-0.1, -0.05) is 32.0 Å². The van der Waals surface area contributed by atoms with Gasteiger partial charge in [0.1, 0.15) is 11.8 Å². The highest BCUT2D eigenvalue weighted by Gasteiger charge is 2.24. The number of carboxylic acids is 1. The summed E-state index contributed by atoms with van der Waals surface area (Å²) < 4.78 is 5.46. The Bertz CT molecular complexity index is 444. The van der Waals surface area contributed by atoms with Gasteiger partial charge in [0.15, 0.2) is 6.10 Å². The van der Waals surface area contributed by atoms with Gasteiger partial charge >= 0.3 is 5.97 Å². The van der Waals surface area contributed by atoms with Gasteiger partial charge in [-0.3, -0.25) is 4.79 Å². The van der Waals surface area contributed by atoms with Crippen molar-refractivity contribution in [1.29, 1.82) is 0 Å². The highest BCUT2D eigenvalue weighted by Crippen LogP contribution is 2.11. The van der Waals surface area contributed by atoms with Crippen molar-refractivity contribution < 1.29 is 19.4 Å². The fraction of sp³-hybridized carbons (Fsp3) is 0.467. The number of para-hydroxylation sites is 1. The molecule has 1 rings (SSSR count). The minimum atomic E-state index is -1.03. The number of hydrogen-bond donors (Lipinski definition) is 2. The summed E-state index contributed by atoms with van der Waals surface area (Å²) in [6, 6.07) is 8.06. The highest BCUT2D eigenvalue weighted by molar-refractivity contribution is 5.86. The van der Waals surface area contributed by atoms with Crippen molar-refractivity contribution in [2.45, 2.75) is 39.3 Å². The van der Waals surface area contributed by atoms with Crippen LogP contribution in [0.1, 0.15) is 27.2 Å². The Morgan fingerprint density at radius 1 is 1.20 bits per heavy atom. The molecule has 0 aliphatic heterocycles. The maximum atomic E-state index is 11.9. The Kier molecular flexibility index (Phi) is 6.03. The molecular formula is C15H21NO4. The van der Waals surface area contributed by atoms with E-state index in [-0.39, 0.29) is 5.92 Å². The number of carbonyl (C=O) groups is 2. The minimum Gasteiger partial charge on any atom is -0.481 e. The van der Waals surface area contributed by atoms with E-state index in [0.29, 0.717) is 12.2 Å². The molecule has 0 spiro atoms. The number of aliphatic carboxylic acids is 1. The second kappa shape index (κ2) is 7.53. The van der Waals surface area contributed by atoms with Crippen molar-refractivity contribution in [1.82, 2.24) is 5.32 Å². The molecule has 1 unspecified atom stereocenters. The molecule has 0 aromatic heterocycles. The molecule has 0 saturated carbocycles. The molecule has 110 valence electrons. The summed E-state index contributed by atoms with van der Waals surface area (Å²) in [5.74, 6) is -0.700. The Morgan fingerprint density at radius 2 is 1.80 bits per heavy atom. The number of benzene rings is 1. The SMILES string of the molecule is CC(C)C[C@@H](NC(=O)C(C)Oc1ccccc1)C(=O)O. The van der Waals surface area contributed by atoms with Crippen LogP contribution in [-0.2, 0) is 9.59 Å². The Morgan fingerprint density at radius 3 is 2.30 bits per heavy atom. The third-order valence-corrected chi connectivity index (χ3v) is 2.75. The van der Waals surface area contributed by atoms with Gasteiger partial charge in [0, 0.05) is 0 Å². The van der Waals surface area contributed by atoms with Gasteiger partial charge in [-0.05, 0) is 31.4 Å². The molecule has 20 heavy (non-hydrogen) atoms. The van der Waals surface area contributed by atoms with Gasteiger partial charge in [0.05, 0.1) is 0 Å². The molecule has 0 radical (unpaired) electrons. The van der Waals surface area contributed by atoms with E-state index < -0.39 is 24.0 Å². The molecule has 1 amide bonds. The predicted molar refractivity (Wildman–Crippen MR) is 75.6 cm³/mol. The van der Waals surface area contributed by atoms with E-state index in [1.807, 2.05) is 19.9 Å². The van der Waals surface area contributed by atoms with Gasteiger partial charge in [-0.2, -0.15) is 0 Å². The van der Waals surface area contributed by atoms with Crippen LogP contribution in [0.4, 0.5) is 0 Å². The Labute approximate surface area is 118 Å². The molecule has 0 saturated heterocycles. The van der Waals surface area contributed by atoms with E-state index in [1.165, 1.54) is 0 Å². The molecule has 2 N–H and O–H groups in total. The molecule has 0 heterocycles. The second-order valence-electron chi connectivity index (χ2n) is 5.10. The molecule has 0 bridgehead atoms. The number of carbonyl (C=O) groups excluding carboxylic acids is 1. The average molecular weight is 279 g/mol. The zero-order chi connectivity index (χ0) is 15.1. The normalized spacial score (nSPS) is 13.6. The number of amides is 1. The third-order valence-electron chi connectivity index (χ3n) is 2.75. The maximum Gasteiger partial charge on any atom is 0.326 e. The fourth-order valence-electron chi connectivity index (χ4n) is 1.74. The maximum absolute atomic E-state index is 11.9. The number of ether oxygens (including phenoxy) is 1. The zero-order valence-electron chi connectivity index (χ0n) is 12.0. The van der Waals surface area contributed by atoms with Crippen molar-refractivity contribution in [3.8, 4) is 5.75 Å². The van der Waals surface area contributed by atoms with Gasteiger partial charge in [0.25, 0.3) is 5.91 Å². The summed E-state index contributed by atoms with van der Waals surface area (Å²) >= 11 is 0. The number of rotatable bonds is 7. The van der Waals surface area contributed by atoms with E-state index in [4.69, 9.17) is 9.84 Å². The van der Waals surface area contributed by atoms with Crippen LogP contribution in [0.15, 0.2) is 30.3 Å². The van der Waals surface area contributed by atoms with Crippen molar-refractivity contribution in [3.05, 3.63) is 30.3 Å². The quantitative estimate of drug-likeness (QED) is 0.801. The van der Waals surface area contributed by atoms with Crippen LogP contribution in [0.5, 0.6) is 5.75 Å². The Balaban J connectivity index is 2.57. The summed E-state index contributed by atoms with van der Waals surface area (Å²) in [7, 11) is 0. The van der Waals surface area contributed by atoms with Crippen LogP contribution in [-0.4, -0.2) is 29.1 Å². The first kappa shape index (κ1) is 16.0. The first-order valence-corrected chi connectivity index (χ1v) is 6.65. The second-order valence-corrected chi connectivity index (χ2v) is 5.10. The van der Waals surface area contributed by atoms with E-state index >= 15 is 0 Å². The molecule has 0 fully saturated rings. The van der Waals surface area contributed by atoms with Crippen LogP contribution < -0.4 is 10.1 Å². The fourth-order valence-corrected chi connectivity index (χ4v) is 1.74. The predicted octanol–water partition coefficient (Wildman–Crippen LogP) is 2.07. The summed E-state index contributed by atoms with van der Waals surface area (Å²) in [6.07, 6.45) is -0.356. The monoisotopic (exact) mass is 279 g/mol. The first-order valence-electron chi connectivity index (χ1n) is 6.65. The van der Waals surface area contributed by atoms with Gasteiger partial charge in [-0.15, -0.1) is 0 Å². The average Bonchev–Trinajstić information content (AvgIpc) is 2.38. The van der Waals surface area contributed by atoms with Crippen LogP contribution in [0.3, 0.4) is 0 Å². The number of nitrogens with one attached hydrogen (secondary N) is 1. The number of hydrogen-bond acceptors (Lipinski definition) is 3. The van der Waals surface area contributed by atoms with Crippen molar-refractivity contribution in [3.63, 3.8) is 0 Å². The molecule has 2 atom stereocenters. The molecule has 0 aliphatic rings. The summed E-state index contributed by atoms with van der Waals surface area (Å²) in [4.78, 5) is 23.0. The van der Waals surface area contributed by atoms with Crippen LogP contribution in [0, 0.1) is 5.92 Å². The first-order chi connectivity index (χ1) is 9.40. The van der Waals surface area contributed by atoms with Crippen LogP contribution in [0.2, 0.25) is 0 Å². The summed E-state index contributed by atoms with van der Waals surface area (Å²) in [5, 5.41) is 11.6. The van der Waals surface area contributed by atoms with Crippen molar-refractivity contribution in [2.24, 2.45) is 5.92 Å². The van der Waals surface area contributed by atoms with Crippen LogP contribution >= 0.6 is 0 Å². The van der Waals surface area contributed by atoms with E-state index in [9.17, 15) is 9.59 Å². The van der Waals surface area contributed by atoms with E-state index in [2.05, 4.69) is 5.32 Å². The van der Waals surface area contributed by atoms with E-state index in [0.717, 1.165) is 0 Å². The summed E-state index contributed by atoms with van der Waals surface area (Å²) in [5.41, 5.74) is 0. The third kappa shape index (κ3) is 5.30. The van der Waals surface area contributed by atoms with Crippen molar-refractivity contribution in [2.75, 3.05) is 0 Å². The molecule has 0 aliphatic carbocycles. The van der Waals surface area contributed by atoms with E-state index in [1.54, 1.807) is 31.2 Å². The van der Waals surface area contributed by atoms with Crippen molar-refractivity contribution >= 4 is 11.9 Å². The lowest BCUT2D eigenvalue weighted by Gasteiger charge is -2.20. The molecule has 1 aromatic carbocycles. The largest absolute Gasteiger partial charge is 0.481 e. The van der Waals surface area contributed by atoms with Gasteiger partial charge in [-0.25, -0.2) is 4.79 Å². The van der Waals surface area contributed by atoms with Crippen LogP contribution in [0.25, 0.3) is 0 Å². The summed E-state index contributed by atoms with van der Waals surface area (Å²) in [6.45, 7) is 5.41. The lowest BCUT2D eigenvalue weighted by atomic mass is 10.0. The van der Waals surface area contributed by atoms with Gasteiger partial charge in [0.2, 0.25) is 0 Å². The number of carboxylic acid groups (broad SMARTS) is 1. The standard InChI is InChI=1S/C15H21NO4/c1-10(2)9-13(15(18)19)16-14(17)11(3)20-12-7-5-4-6-8-12/h4-8,10-11,13H,9H2,1-3H3,(H,16,17)(H,18,19)/t11?,13-/m1/s1.